The van der Waals surface area contributed by atoms with Crippen molar-refractivity contribution in [3.8, 4) is 22.8 Å². The molecule has 1 N–H and O–H groups in total. The van der Waals surface area contributed by atoms with Crippen molar-refractivity contribution in [1.29, 1.82) is 0 Å². The van der Waals surface area contributed by atoms with E-state index in [9.17, 15) is 4.79 Å². The lowest BCUT2D eigenvalue weighted by atomic mass is 9.83. The summed E-state index contributed by atoms with van der Waals surface area (Å²) >= 11 is 6.40. The van der Waals surface area contributed by atoms with Crippen LogP contribution in [0.2, 0.25) is 5.02 Å². The first-order chi connectivity index (χ1) is 18.8. The molecule has 9 nitrogen and oxygen atoms in total. The minimum absolute atomic E-state index is 0.269. The Morgan fingerprint density at radius 2 is 1.90 bits per heavy atom. The topological polar surface area (TPSA) is 106 Å². The molecule has 5 heterocycles. The summed E-state index contributed by atoms with van der Waals surface area (Å²) < 4.78 is 7.20. The second-order valence-electron chi connectivity index (χ2n) is 12.0. The SMILES string of the molecule is CC1CCC(Cn2c(N3CC(C)CC3C(C)C)nc3cc(-c4noc(=O)[nH]4)nc(-c4cncc(Cl)c4)c32)CC1. The van der Waals surface area contributed by atoms with Crippen LogP contribution in [0.4, 0.5) is 5.95 Å². The maximum atomic E-state index is 11.8. The van der Waals surface area contributed by atoms with E-state index in [4.69, 9.17) is 26.1 Å². The fourth-order valence-corrected chi connectivity index (χ4v) is 6.63. The molecule has 39 heavy (non-hydrogen) atoms. The summed E-state index contributed by atoms with van der Waals surface area (Å²) in [7, 11) is 0. The first kappa shape index (κ1) is 26.0. The number of pyridine rings is 2. The van der Waals surface area contributed by atoms with Crippen molar-refractivity contribution >= 4 is 28.6 Å². The van der Waals surface area contributed by atoms with Crippen molar-refractivity contribution in [3.05, 3.63) is 40.1 Å². The molecule has 0 aromatic carbocycles. The number of nitrogens with zero attached hydrogens (tertiary/aromatic N) is 6. The summed E-state index contributed by atoms with van der Waals surface area (Å²) in [6.07, 6.45) is 9.48. The molecule has 0 bridgehead atoms. The summed E-state index contributed by atoms with van der Waals surface area (Å²) in [5.74, 6) is 3.09. The Morgan fingerprint density at radius 1 is 1.10 bits per heavy atom. The van der Waals surface area contributed by atoms with Crippen LogP contribution >= 0.6 is 11.6 Å². The van der Waals surface area contributed by atoms with Gasteiger partial charge < -0.3 is 9.47 Å². The molecule has 1 saturated heterocycles. The zero-order chi connectivity index (χ0) is 27.3. The third-order valence-electron chi connectivity index (χ3n) is 8.52. The highest BCUT2D eigenvalue weighted by molar-refractivity contribution is 6.30. The van der Waals surface area contributed by atoms with Gasteiger partial charge in [0.25, 0.3) is 0 Å². The fourth-order valence-electron chi connectivity index (χ4n) is 6.46. The van der Waals surface area contributed by atoms with Crippen molar-refractivity contribution in [3.63, 3.8) is 0 Å². The zero-order valence-corrected chi connectivity index (χ0v) is 23.8. The highest BCUT2D eigenvalue weighted by Crippen LogP contribution is 2.40. The lowest BCUT2D eigenvalue weighted by Gasteiger charge is -2.31. The van der Waals surface area contributed by atoms with E-state index in [1.54, 1.807) is 12.4 Å². The van der Waals surface area contributed by atoms with E-state index in [2.05, 4.69) is 52.3 Å². The molecule has 4 aromatic rings. The monoisotopic (exact) mass is 549 g/mol. The number of imidazole rings is 1. The quantitative estimate of drug-likeness (QED) is 0.306. The maximum absolute atomic E-state index is 11.8. The van der Waals surface area contributed by atoms with Gasteiger partial charge in [-0.3, -0.25) is 14.5 Å². The van der Waals surface area contributed by atoms with Gasteiger partial charge in [0.15, 0.2) is 0 Å². The molecule has 1 aliphatic heterocycles. The number of H-pyrrole nitrogens is 1. The molecule has 1 aliphatic carbocycles. The molecule has 2 aliphatic rings. The Kier molecular flexibility index (Phi) is 6.95. The number of aromatic amines is 1. The highest BCUT2D eigenvalue weighted by atomic mass is 35.5. The highest BCUT2D eigenvalue weighted by Gasteiger charge is 2.36. The molecule has 0 amide bonds. The predicted octanol–water partition coefficient (Wildman–Crippen LogP) is 6.19. The summed E-state index contributed by atoms with van der Waals surface area (Å²) in [5.41, 5.74) is 3.77. The number of halogens is 1. The van der Waals surface area contributed by atoms with Crippen LogP contribution in [0.3, 0.4) is 0 Å². The largest absolute Gasteiger partial charge is 0.439 e. The Labute approximate surface area is 233 Å². The van der Waals surface area contributed by atoms with Gasteiger partial charge in [0.05, 0.1) is 21.7 Å². The van der Waals surface area contributed by atoms with Crippen LogP contribution in [-0.4, -0.2) is 42.2 Å². The molecule has 4 aromatic heterocycles. The lowest BCUT2D eigenvalue weighted by Crippen LogP contribution is -2.36. The van der Waals surface area contributed by atoms with E-state index in [1.165, 1.54) is 25.7 Å². The second kappa shape index (κ2) is 10.4. The molecule has 2 fully saturated rings. The van der Waals surface area contributed by atoms with Crippen molar-refractivity contribution in [2.45, 2.75) is 72.4 Å². The predicted molar refractivity (Wildman–Crippen MR) is 153 cm³/mol. The minimum Gasteiger partial charge on any atom is -0.339 e. The van der Waals surface area contributed by atoms with E-state index in [-0.39, 0.29) is 5.82 Å². The normalized spacial score (nSPS) is 23.8. The van der Waals surface area contributed by atoms with Gasteiger partial charge >= 0.3 is 5.76 Å². The molecule has 2 atom stereocenters. The van der Waals surface area contributed by atoms with Crippen LogP contribution in [0.1, 0.15) is 59.8 Å². The first-order valence-corrected chi connectivity index (χ1v) is 14.5. The standard InChI is InChI=1S/C29H36ClN7O2/c1-16(2)24-9-18(4)14-36(24)28-33-22-11-23(27-34-29(38)39-35-27)32-25(20-10-21(30)13-31-12-20)26(22)37(28)15-19-7-5-17(3)6-8-19/h10-13,16-19,24H,5-9,14-15H2,1-4H3,(H,34,35,38). The van der Waals surface area contributed by atoms with Crippen LogP contribution < -0.4 is 10.7 Å². The van der Waals surface area contributed by atoms with E-state index < -0.39 is 5.76 Å². The fraction of sp³-hybridized carbons (Fsp3) is 0.552. The molecule has 6 rings (SSSR count). The van der Waals surface area contributed by atoms with Gasteiger partial charge in [0.1, 0.15) is 5.69 Å². The van der Waals surface area contributed by atoms with Crippen LogP contribution in [0, 0.1) is 23.7 Å². The number of nitrogens with one attached hydrogen (secondary N) is 1. The summed E-state index contributed by atoms with van der Waals surface area (Å²) in [4.78, 5) is 31.6. The van der Waals surface area contributed by atoms with Crippen LogP contribution in [0.15, 0.2) is 33.8 Å². The van der Waals surface area contributed by atoms with E-state index in [0.29, 0.717) is 34.5 Å². The van der Waals surface area contributed by atoms with E-state index in [0.717, 1.165) is 53.7 Å². The molecule has 2 unspecified atom stereocenters. The molecular weight excluding hydrogens is 514 g/mol. The van der Waals surface area contributed by atoms with Gasteiger partial charge in [-0.2, -0.15) is 0 Å². The second-order valence-corrected chi connectivity index (χ2v) is 12.4. The Hall–Kier alpha value is -3.20. The van der Waals surface area contributed by atoms with Crippen molar-refractivity contribution in [2.75, 3.05) is 11.4 Å². The van der Waals surface area contributed by atoms with Gasteiger partial charge in [0, 0.05) is 37.1 Å². The van der Waals surface area contributed by atoms with Crippen molar-refractivity contribution in [2.24, 2.45) is 23.7 Å². The molecule has 0 radical (unpaired) electrons. The molecule has 1 saturated carbocycles. The molecular formula is C29H36ClN7O2. The van der Waals surface area contributed by atoms with Gasteiger partial charge in [0.2, 0.25) is 11.8 Å². The van der Waals surface area contributed by atoms with Gasteiger partial charge in [-0.25, -0.2) is 14.8 Å². The van der Waals surface area contributed by atoms with Crippen LogP contribution in [0.25, 0.3) is 33.8 Å². The Bertz CT molecular complexity index is 1530. The van der Waals surface area contributed by atoms with Crippen LogP contribution in [-0.2, 0) is 6.54 Å². The lowest BCUT2D eigenvalue weighted by molar-refractivity contribution is 0.266. The summed E-state index contributed by atoms with van der Waals surface area (Å²) in [5, 5.41) is 4.44. The zero-order valence-electron chi connectivity index (χ0n) is 23.0. The number of aromatic nitrogens is 6. The van der Waals surface area contributed by atoms with Crippen molar-refractivity contribution < 1.29 is 4.52 Å². The van der Waals surface area contributed by atoms with E-state index in [1.807, 2.05) is 12.1 Å². The summed E-state index contributed by atoms with van der Waals surface area (Å²) in [6, 6.07) is 4.19. The average molecular weight is 550 g/mol. The summed E-state index contributed by atoms with van der Waals surface area (Å²) in [6.45, 7) is 11.1. The number of anilines is 1. The van der Waals surface area contributed by atoms with Gasteiger partial charge in [-0.1, -0.05) is 57.3 Å². The number of rotatable bonds is 6. The third kappa shape index (κ3) is 5.09. The smallest absolute Gasteiger partial charge is 0.339 e. The first-order valence-electron chi connectivity index (χ1n) is 14.1. The Morgan fingerprint density at radius 3 is 2.59 bits per heavy atom. The number of hydrogen-bond donors (Lipinski definition) is 1. The van der Waals surface area contributed by atoms with Crippen molar-refractivity contribution in [1.82, 2.24) is 29.7 Å². The molecule has 10 heteroatoms. The number of fused-ring (bicyclic) bond motifs is 1. The maximum Gasteiger partial charge on any atom is 0.439 e. The van der Waals surface area contributed by atoms with Gasteiger partial charge in [-0.05, 0) is 55.1 Å². The minimum atomic E-state index is -0.624. The van der Waals surface area contributed by atoms with Crippen LogP contribution in [0.5, 0.6) is 0 Å². The van der Waals surface area contributed by atoms with Gasteiger partial charge in [-0.15, -0.1) is 0 Å². The Balaban J connectivity index is 1.59. The number of hydrogen-bond acceptors (Lipinski definition) is 7. The third-order valence-corrected chi connectivity index (χ3v) is 8.73. The van der Waals surface area contributed by atoms with E-state index >= 15 is 0 Å². The molecule has 206 valence electrons. The molecule has 0 spiro atoms. The average Bonchev–Trinajstić information content (AvgIpc) is 3.61.